The van der Waals surface area contributed by atoms with Crippen LogP contribution >= 0.6 is 0 Å². The Balaban J connectivity index is 1.99. The lowest BCUT2D eigenvalue weighted by Crippen LogP contribution is -2.54. The van der Waals surface area contributed by atoms with Crippen molar-refractivity contribution >= 4 is 5.97 Å². The highest BCUT2D eigenvalue weighted by Gasteiger charge is 2.41. The van der Waals surface area contributed by atoms with E-state index in [1.165, 1.54) is 12.8 Å². The molecule has 0 amide bonds. The number of hydrogen-bond acceptors (Lipinski definition) is 2. The summed E-state index contributed by atoms with van der Waals surface area (Å²) in [7, 11) is 0. The minimum atomic E-state index is -0.622. The van der Waals surface area contributed by atoms with Crippen LogP contribution in [0.15, 0.2) is 0 Å². The summed E-state index contributed by atoms with van der Waals surface area (Å²) in [6.07, 6.45) is 4.01. The first-order chi connectivity index (χ1) is 7.08. The molecule has 2 saturated heterocycles. The molecule has 2 heterocycles. The number of carboxylic acids is 1. The molecule has 3 rings (SSSR count). The zero-order valence-corrected chi connectivity index (χ0v) is 9.65. The van der Waals surface area contributed by atoms with Crippen LogP contribution in [0.1, 0.15) is 39.5 Å². The van der Waals surface area contributed by atoms with Gasteiger partial charge in [-0.05, 0) is 44.9 Å². The topological polar surface area (TPSA) is 40.5 Å². The molecule has 2 bridgehead atoms. The van der Waals surface area contributed by atoms with E-state index < -0.39 is 5.97 Å². The number of nitrogens with zero attached hydrogens (tertiary/aromatic N) is 1. The predicted molar refractivity (Wildman–Crippen MR) is 58.7 cm³/mol. The van der Waals surface area contributed by atoms with E-state index in [0.717, 1.165) is 13.0 Å². The summed E-state index contributed by atoms with van der Waals surface area (Å²) in [5.41, 5.74) is 0. The number of rotatable bonds is 3. The SMILES string of the molecule is CC(C)N1CC2CCC1CC2CC(=O)O. The molecule has 0 radical (unpaired) electrons. The maximum absolute atomic E-state index is 10.7. The smallest absolute Gasteiger partial charge is 0.303 e. The third-order valence-corrected chi connectivity index (χ3v) is 4.13. The van der Waals surface area contributed by atoms with Crippen molar-refractivity contribution in [3.05, 3.63) is 0 Å². The quantitative estimate of drug-likeness (QED) is 0.776. The molecule has 0 aromatic carbocycles. The van der Waals surface area contributed by atoms with Crippen LogP contribution in [0.5, 0.6) is 0 Å². The molecule has 3 aliphatic rings. The Kier molecular flexibility index (Phi) is 3.01. The lowest BCUT2D eigenvalue weighted by atomic mass is 9.70. The molecule has 3 fully saturated rings. The van der Waals surface area contributed by atoms with E-state index in [4.69, 9.17) is 5.11 Å². The van der Waals surface area contributed by atoms with E-state index in [0.29, 0.717) is 30.3 Å². The zero-order chi connectivity index (χ0) is 11.0. The predicted octanol–water partition coefficient (Wildman–Crippen LogP) is 1.97. The largest absolute Gasteiger partial charge is 0.481 e. The van der Waals surface area contributed by atoms with Gasteiger partial charge in [0.15, 0.2) is 0 Å². The second kappa shape index (κ2) is 4.12. The van der Waals surface area contributed by atoms with Gasteiger partial charge in [0.2, 0.25) is 0 Å². The molecule has 2 aliphatic heterocycles. The first-order valence-electron chi connectivity index (χ1n) is 6.05. The number of piperidine rings is 2. The molecular weight excluding hydrogens is 190 g/mol. The van der Waals surface area contributed by atoms with Gasteiger partial charge >= 0.3 is 5.97 Å². The molecule has 1 aliphatic carbocycles. The Bertz CT molecular complexity index is 252. The molecular formula is C12H21NO2. The van der Waals surface area contributed by atoms with Crippen molar-refractivity contribution in [3.63, 3.8) is 0 Å². The van der Waals surface area contributed by atoms with E-state index in [1.807, 2.05) is 0 Å². The van der Waals surface area contributed by atoms with Gasteiger partial charge in [0.05, 0.1) is 0 Å². The lowest BCUT2D eigenvalue weighted by Gasteiger charge is -2.51. The second-order valence-electron chi connectivity index (χ2n) is 5.38. The number of carboxylic acid groups (broad SMARTS) is 1. The summed E-state index contributed by atoms with van der Waals surface area (Å²) in [6, 6.07) is 1.27. The average Bonchev–Trinajstić information content (AvgIpc) is 2.17. The molecule has 0 spiro atoms. The van der Waals surface area contributed by atoms with Gasteiger partial charge in [0.25, 0.3) is 0 Å². The molecule has 3 unspecified atom stereocenters. The molecule has 3 heteroatoms. The fourth-order valence-corrected chi connectivity index (χ4v) is 3.37. The van der Waals surface area contributed by atoms with Gasteiger partial charge in [-0.3, -0.25) is 9.69 Å². The summed E-state index contributed by atoms with van der Waals surface area (Å²) >= 11 is 0. The fraction of sp³-hybridized carbons (Fsp3) is 0.917. The van der Waals surface area contributed by atoms with Crippen molar-refractivity contribution in [1.29, 1.82) is 0 Å². The standard InChI is InChI=1S/C12H21NO2/c1-8(2)13-7-9-3-4-11(13)5-10(9)6-12(14)15/h8-11H,3-7H2,1-2H3,(H,14,15). The minimum absolute atomic E-state index is 0.382. The molecule has 1 N–H and O–H groups in total. The summed E-state index contributed by atoms with van der Waals surface area (Å²) in [4.78, 5) is 13.3. The van der Waals surface area contributed by atoms with Gasteiger partial charge in [0, 0.05) is 25.0 Å². The maximum atomic E-state index is 10.7. The van der Waals surface area contributed by atoms with Crippen LogP contribution in [-0.4, -0.2) is 34.6 Å². The summed E-state index contributed by atoms with van der Waals surface area (Å²) < 4.78 is 0. The van der Waals surface area contributed by atoms with E-state index in [9.17, 15) is 4.79 Å². The van der Waals surface area contributed by atoms with Gasteiger partial charge in [0.1, 0.15) is 0 Å². The van der Waals surface area contributed by atoms with Crippen molar-refractivity contribution in [1.82, 2.24) is 4.90 Å². The highest BCUT2D eigenvalue weighted by Crippen LogP contribution is 2.41. The zero-order valence-electron chi connectivity index (χ0n) is 9.65. The third-order valence-electron chi connectivity index (χ3n) is 4.13. The maximum Gasteiger partial charge on any atom is 0.303 e. The molecule has 3 atom stereocenters. The van der Waals surface area contributed by atoms with Crippen molar-refractivity contribution in [3.8, 4) is 0 Å². The highest BCUT2D eigenvalue weighted by atomic mass is 16.4. The number of hydrogen-bond donors (Lipinski definition) is 1. The summed E-state index contributed by atoms with van der Waals surface area (Å²) in [5, 5.41) is 8.86. The first-order valence-corrected chi connectivity index (χ1v) is 6.05. The Labute approximate surface area is 91.5 Å². The second-order valence-corrected chi connectivity index (χ2v) is 5.38. The third kappa shape index (κ3) is 2.17. The molecule has 0 aromatic heterocycles. The molecule has 86 valence electrons. The number of fused-ring (bicyclic) bond motifs is 3. The Morgan fingerprint density at radius 3 is 2.67 bits per heavy atom. The van der Waals surface area contributed by atoms with Crippen LogP contribution in [0, 0.1) is 11.8 Å². The normalized spacial score (nSPS) is 36.1. The van der Waals surface area contributed by atoms with Crippen molar-refractivity contribution in [2.24, 2.45) is 11.8 Å². The number of aliphatic carboxylic acids is 1. The highest BCUT2D eigenvalue weighted by molar-refractivity contribution is 5.67. The van der Waals surface area contributed by atoms with Crippen LogP contribution in [-0.2, 0) is 4.79 Å². The molecule has 1 saturated carbocycles. The van der Waals surface area contributed by atoms with Gasteiger partial charge < -0.3 is 5.11 Å². The van der Waals surface area contributed by atoms with Gasteiger partial charge in [-0.25, -0.2) is 0 Å². The van der Waals surface area contributed by atoms with Gasteiger partial charge in [-0.15, -0.1) is 0 Å². The van der Waals surface area contributed by atoms with Crippen LogP contribution in [0.3, 0.4) is 0 Å². The van der Waals surface area contributed by atoms with Gasteiger partial charge in [-0.2, -0.15) is 0 Å². The van der Waals surface area contributed by atoms with Crippen LogP contribution in [0.25, 0.3) is 0 Å². The minimum Gasteiger partial charge on any atom is -0.481 e. The van der Waals surface area contributed by atoms with Crippen molar-refractivity contribution in [2.75, 3.05) is 6.54 Å². The average molecular weight is 211 g/mol. The summed E-state index contributed by atoms with van der Waals surface area (Å²) in [5.74, 6) is 0.452. The fourth-order valence-electron chi connectivity index (χ4n) is 3.37. The van der Waals surface area contributed by atoms with E-state index in [-0.39, 0.29) is 0 Å². The first kappa shape index (κ1) is 10.9. The Morgan fingerprint density at radius 2 is 2.20 bits per heavy atom. The van der Waals surface area contributed by atoms with Gasteiger partial charge in [-0.1, -0.05) is 0 Å². The van der Waals surface area contributed by atoms with E-state index >= 15 is 0 Å². The van der Waals surface area contributed by atoms with Crippen molar-refractivity contribution < 1.29 is 9.90 Å². The Morgan fingerprint density at radius 1 is 1.47 bits per heavy atom. The molecule has 3 nitrogen and oxygen atoms in total. The monoisotopic (exact) mass is 211 g/mol. The van der Waals surface area contributed by atoms with Crippen molar-refractivity contribution in [2.45, 2.75) is 51.6 Å². The summed E-state index contributed by atoms with van der Waals surface area (Å²) in [6.45, 7) is 5.61. The molecule has 15 heavy (non-hydrogen) atoms. The van der Waals surface area contributed by atoms with E-state index in [1.54, 1.807) is 0 Å². The molecule has 0 aromatic rings. The van der Waals surface area contributed by atoms with E-state index in [2.05, 4.69) is 18.7 Å². The Hall–Kier alpha value is -0.570. The van der Waals surface area contributed by atoms with Crippen LogP contribution in [0.4, 0.5) is 0 Å². The van der Waals surface area contributed by atoms with Crippen LogP contribution in [0.2, 0.25) is 0 Å². The lowest BCUT2D eigenvalue weighted by molar-refractivity contribution is -0.140. The number of carbonyl (C=O) groups is 1. The van der Waals surface area contributed by atoms with Crippen LogP contribution < -0.4 is 0 Å².